The first-order valence-electron chi connectivity index (χ1n) is 10.2. The lowest BCUT2D eigenvalue weighted by atomic mass is 9.51. The SMILES string of the molecule is C=C(C)[C@@H]1C=C2C(C)(C)[C@@H](O[Si](C)(C)C(C)(C)C)CC[C@]2(C)[C@@H](C=O)C1. The van der Waals surface area contributed by atoms with Crippen molar-refractivity contribution in [2.45, 2.75) is 92.0 Å². The predicted molar refractivity (Wildman–Crippen MR) is 114 cm³/mol. The van der Waals surface area contributed by atoms with Crippen LogP contribution in [0.15, 0.2) is 23.8 Å². The van der Waals surface area contributed by atoms with Gasteiger partial charge >= 0.3 is 0 Å². The van der Waals surface area contributed by atoms with E-state index in [0.717, 1.165) is 24.8 Å². The minimum Gasteiger partial charge on any atom is -0.413 e. The first-order chi connectivity index (χ1) is 11.7. The molecule has 0 aromatic heterocycles. The normalized spacial score (nSPS) is 34.7. The molecule has 0 aliphatic heterocycles. The molecule has 2 aliphatic rings. The lowest BCUT2D eigenvalue weighted by molar-refractivity contribution is -0.116. The average molecular weight is 377 g/mol. The van der Waals surface area contributed by atoms with Crippen LogP contribution in [-0.4, -0.2) is 20.7 Å². The van der Waals surface area contributed by atoms with Gasteiger partial charge in [-0.2, -0.15) is 0 Å². The Balaban J connectivity index is 2.45. The predicted octanol–water partition coefficient (Wildman–Crippen LogP) is 6.54. The van der Waals surface area contributed by atoms with Crippen LogP contribution in [0.1, 0.15) is 67.7 Å². The van der Waals surface area contributed by atoms with E-state index in [1.165, 1.54) is 11.9 Å². The first-order valence-corrected chi connectivity index (χ1v) is 13.1. The molecule has 148 valence electrons. The van der Waals surface area contributed by atoms with E-state index in [2.05, 4.69) is 74.2 Å². The van der Waals surface area contributed by atoms with Crippen molar-refractivity contribution in [2.24, 2.45) is 22.7 Å². The van der Waals surface area contributed by atoms with Gasteiger partial charge in [0.25, 0.3) is 0 Å². The molecule has 0 heterocycles. The summed E-state index contributed by atoms with van der Waals surface area (Å²) in [6.07, 6.45) is 6.84. The summed E-state index contributed by atoms with van der Waals surface area (Å²) in [4.78, 5) is 12.0. The van der Waals surface area contributed by atoms with E-state index in [4.69, 9.17) is 4.43 Å². The van der Waals surface area contributed by atoms with Crippen LogP contribution in [0, 0.1) is 22.7 Å². The molecule has 0 aromatic carbocycles. The van der Waals surface area contributed by atoms with Gasteiger partial charge in [-0.3, -0.25) is 0 Å². The Morgan fingerprint density at radius 3 is 2.35 bits per heavy atom. The van der Waals surface area contributed by atoms with Crippen LogP contribution >= 0.6 is 0 Å². The van der Waals surface area contributed by atoms with Crippen LogP contribution in [0.4, 0.5) is 0 Å². The summed E-state index contributed by atoms with van der Waals surface area (Å²) < 4.78 is 6.90. The monoisotopic (exact) mass is 376 g/mol. The third-order valence-corrected chi connectivity index (χ3v) is 12.3. The van der Waals surface area contributed by atoms with Gasteiger partial charge in [-0.05, 0) is 55.7 Å². The summed E-state index contributed by atoms with van der Waals surface area (Å²) in [6, 6.07) is 0. The summed E-state index contributed by atoms with van der Waals surface area (Å²) in [7, 11) is -1.84. The summed E-state index contributed by atoms with van der Waals surface area (Å²) in [5.74, 6) is 0.386. The van der Waals surface area contributed by atoms with Crippen LogP contribution < -0.4 is 0 Å². The molecule has 2 aliphatic carbocycles. The molecule has 0 radical (unpaired) electrons. The second-order valence-electron chi connectivity index (χ2n) is 11.1. The molecular weight excluding hydrogens is 336 g/mol. The highest BCUT2D eigenvalue weighted by molar-refractivity contribution is 6.74. The van der Waals surface area contributed by atoms with Crippen LogP contribution in [0.5, 0.6) is 0 Å². The van der Waals surface area contributed by atoms with Gasteiger partial charge in [0.15, 0.2) is 8.32 Å². The van der Waals surface area contributed by atoms with Crippen molar-refractivity contribution in [1.82, 2.24) is 0 Å². The van der Waals surface area contributed by atoms with Gasteiger partial charge in [0.2, 0.25) is 0 Å². The maximum atomic E-state index is 12.0. The fourth-order valence-electron chi connectivity index (χ4n) is 4.72. The van der Waals surface area contributed by atoms with Crippen LogP contribution in [-0.2, 0) is 9.22 Å². The quantitative estimate of drug-likeness (QED) is 0.316. The number of hydrogen-bond acceptors (Lipinski definition) is 2. The Kier molecular flexibility index (Phi) is 5.60. The Hall–Kier alpha value is -0.673. The molecule has 0 aromatic rings. The van der Waals surface area contributed by atoms with Crippen molar-refractivity contribution in [3.63, 3.8) is 0 Å². The number of allylic oxidation sites excluding steroid dienone is 2. The Morgan fingerprint density at radius 2 is 1.88 bits per heavy atom. The molecule has 2 nitrogen and oxygen atoms in total. The van der Waals surface area contributed by atoms with Crippen molar-refractivity contribution in [2.75, 3.05) is 0 Å². The van der Waals surface area contributed by atoms with Gasteiger partial charge in [0.1, 0.15) is 6.29 Å². The van der Waals surface area contributed by atoms with E-state index < -0.39 is 8.32 Å². The summed E-state index contributed by atoms with van der Waals surface area (Å²) in [6.45, 7) is 24.8. The van der Waals surface area contributed by atoms with E-state index in [-0.39, 0.29) is 27.9 Å². The highest BCUT2D eigenvalue weighted by atomic mass is 28.4. The number of fused-ring (bicyclic) bond motifs is 1. The molecule has 0 spiro atoms. The molecule has 0 saturated heterocycles. The third kappa shape index (κ3) is 3.54. The second-order valence-corrected chi connectivity index (χ2v) is 15.8. The Labute approximate surface area is 162 Å². The molecule has 1 saturated carbocycles. The van der Waals surface area contributed by atoms with E-state index in [0.29, 0.717) is 5.92 Å². The van der Waals surface area contributed by atoms with E-state index in [1.54, 1.807) is 0 Å². The highest BCUT2D eigenvalue weighted by Crippen LogP contribution is 2.59. The zero-order valence-electron chi connectivity index (χ0n) is 18.5. The molecule has 2 rings (SSSR count). The lowest BCUT2D eigenvalue weighted by Crippen LogP contribution is -2.54. The van der Waals surface area contributed by atoms with Crippen molar-refractivity contribution >= 4 is 14.6 Å². The average Bonchev–Trinajstić information content (AvgIpc) is 2.48. The number of aldehydes is 1. The Morgan fingerprint density at radius 1 is 1.31 bits per heavy atom. The fraction of sp³-hybridized carbons (Fsp3) is 0.783. The Bertz CT molecular complexity index is 608. The van der Waals surface area contributed by atoms with Crippen molar-refractivity contribution < 1.29 is 9.22 Å². The zero-order valence-corrected chi connectivity index (χ0v) is 19.5. The molecule has 0 N–H and O–H groups in total. The maximum Gasteiger partial charge on any atom is 0.192 e. The summed E-state index contributed by atoms with van der Waals surface area (Å²) >= 11 is 0. The van der Waals surface area contributed by atoms with Crippen molar-refractivity contribution in [3.8, 4) is 0 Å². The minimum absolute atomic E-state index is 0.0372. The topological polar surface area (TPSA) is 26.3 Å². The zero-order chi connectivity index (χ0) is 20.1. The van der Waals surface area contributed by atoms with Gasteiger partial charge in [0.05, 0.1) is 6.10 Å². The molecule has 0 unspecified atom stereocenters. The first kappa shape index (κ1) is 21.6. The van der Waals surface area contributed by atoms with Gasteiger partial charge in [-0.15, -0.1) is 0 Å². The maximum absolute atomic E-state index is 12.0. The molecular formula is C23H40O2Si. The molecule has 0 bridgehead atoms. The van der Waals surface area contributed by atoms with E-state index >= 15 is 0 Å². The number of hydrogen-bond donors (Lipinski definition) is 0. The minimum atomic E-state index is -1.84. The highest BCUT2D eigenvalue weighted by Gasteiger charge is 2.54. The molecule has 3 heteroatoms. The van der Waals surface area contributed by atoms with Gasteiger partial charge < -0.3 is 9.22 Å². The largest absolute Gasteiger partial charge is 0.413 e. The van der Waals surface area contributed by atoms with Gasteiger partial charge in [0, 0.05) is 11.3 Å². The fourth-order valence-corrected chi connectivity index (χ4v) is 6.19. The van der Waals surface area contributed by atoms with E-state index in [9.17, 15) is 4.79 Å². The van der Waals surface area contributed by atoms with Crippen LogP contribution in [0.3, 0.4) is 0 Å². The van der Waals surface area contributed by atoms with Gasteiger partial charge in [-0.25, -0.2) is 0 Å². The molecule has 4 atom stereocenters. The van der Waals surface area contributed by atoms with Crippen LogP contribution in [0.25, 0.3) is 0 Å². The lowest BCUT2D eigenvalue weighted by Gasteiger charge is -2.57. The summed E-state index contributed by atoms with van der Waals surface area (Å²) in [5.41, 5.74) is 2.49. The van der Waals surface area contributed by atoms with Crippen molar-refractivity contribution in [1.29, 1.82) is 0 Å². The van der Waals surface area contributed by atoms with Gasteiger partial charge in [-0.1, -0.05) is 65.3 Å². The smallest absolute Gasteiger partial charge is 0.192 e. The molecule has 26 heavy (non-hydrogen) atoms. The third-order valence-electron chi connectivity index (χ3n) is 7.77. The molecule has 1 fully saturated rings. The van der Waals surface area contributed by atoms with Crippen LogP contribution in [0.2, 0.25) is 18.1 Å². The van der Waals surface area contributed by atoms with Crippen molar-refractivity contribution in [3.05, 3.63) is 23.8 Å². The van der Waals surface area contributed by atoms with E-state index in [1.807, 2.05) is 0 Å². The number of carbonyl (C=O) groups excluding carboxylic acids is 1. The summed E-state index contributed by atoms with van der Waals surface area (Å²) in [5, 5.41) is 0.205. The number of rotatable bonds is 4. The molecule has 0 amide bonds. The standard InChI is InChI=1S/C23H40O2Si/c1-16(2)17-13-18(15-24)23(8)12-11-20(22(6,7)19(23)14-17)25-26(9,10)21(3,4)5/h14-15,17-18,20H,1,11-13H2,2-10H3/t17-,18+,20-,23+/m0/s1. The number of carbonyl (C=O) groups is 1. The second kappa shape index (κ2) is 6.74.